The first-order chi connectivity index (χ1) is 8.70. The molecule has 3 N–H and O–H groups in total. The summed E-state index contributed by atoms with van der Waals surface area (Å²) in [6, 6.07) is 13.9. The van der Waals surface area contributed by atoms with Crippen LogP contribution in [0.4, 0.5) is 10.1 Å². The lowest BCUT2D eigenvalue weighted by Gasteiger charge is -2.19. The zero-order valence-electron chi connectivity index (χ0n) is 9.74. The molecule has 2 aromatic rings. The Balaban J connectivity index is 2.23. The van der Waals surface area contributed by atoms with Gasteiger partial charge in [0.1, 0.15) is 5.82 Å². The first kappa shape index (κ1) is 12.9. The molecule has 94 valence electrons. The van der Waals surface area contributed by atoms with Crippen molar-refractivity contribution < 1.29 is 4.39 Å². The summed E-state index contributed by atoms with van der Waals surface area (Å²) in [5, 5.41) is 3.66. The Bertz CT molecular complexity index is 516. The van der Waals surface area contributed by atoms with E-state index in [1.165, 1.54) is 12.1 Å². The summed E-state index contributed by atoms with van der Waals surface area (Å²) in [4.78, 5) is 0. The molecule has 0 radical (unpaired) electrons. The van der Waals surface area contributed by atoms with Gasteiger partial charge < -0.3 is 11.1 Å². The number of nitrogens with one attached hydrogen (secondary N) is 1. The summed E-state index contributed by atoms with van der Waals surface area (Å²) in [5.41, 5.74) is 7.49. The first-order valence-corrected chi connectivity index (χ1v) is 6.05. The van der Waals surface area contributed by atoms with Gasteiger partial charge in [0.25, 0.3) is 0 Å². The second-order valence-corrected chi connectivity index (χ2v) is 4.37. The third kappa shape index (κ3) is 3.00. The van der Waals surface area contributed by atoms with Gasteiger partial charge in [-0.05, 0) is 29.8 Å². The minimum absolute atomic E-state index is 0.138. The summed E-state index contributed by atoms with van der Waals surface area (Å²) >= 11 is 6.03. The normalized spacial score (nSPS) is 12.2. The molecule has 1 unspecified atom stereocenters. The minimum Gasteiger partial charge on any atom is -0.377 e. The molecular formula is C14H14ClFN2. The maximum atomic E-state index is 13.0. The molecule has 0 aliphatic rings. The van der Waals surface area contributed by atoms with Crippen LogP contribution in [-0.4, -0.2) is 6.54 Å². The molecule has 0 aliphatic heterocycles. The standard InChI is InChI=1S/C14H14ClFN2/c15-13-8-10(16)6-7-12(13)14(9-17)18-11-4-2-1-3-5-11/h1-8,14,18H,9,17H2. The largest absolute Gasteiger partial charge is 0.377 e. The summed E-state index contributed by atoms with van der Waals surface area (Å²) in [6.07, 6.45) is 0. The van der Waals surface area contributed by atoms with Crippen LogP contribution in [0.25, 0.3) is 0 Å². The van der Waals surface area contributed by atoms with Gasteiger partial charge in [-0.2, -0.15) is 0 Å². The highest BCUT2D eigenvalue weighted by atomic mass is 35.5. The smallest absolute Gasteiger partial charge is 0.124 e. The van der Waals surface area contributed by atoms with Crippen molar-refractivity contribution in [2.75, 3.05) is 11.9 Å². The fourth-order valence-electron chi connectivity index (χ4n) is 1.78. The molecule has 2 rings (SSSR count). The molecule has 0 saturated carbocycles. The Hall–Kier alpha value is -1.58. The van der Waals surface area contributed by atoms with Gasteiger partial charge in [0.15, 0.2) is 0 Å². The second kappa shape index (κ2) is 5.85. The van der Waals surface area contributed by atoms with Gasteiger partial charge in [-0.1, -0.05) is 35.9 Å². The van der Waals surface area contributed by atoms with Crippen molar-refractivity contribution in [2.24, 2.45) is 5.73 Å². The molecule has 0 aromatic heterocycles. The molecule has 0 fully saturated rings. The molecule has 0 bridgehead atoms. The van der Waals surface area contributed by atoms with E-state index in [1.54, 1.807) is 6.07 Å². The number of hydrogen-bond acceptors (Lipinski definition) is 2. The lowest BCUT2D eigenvalue weighted by molar-refractivity contribution is 0.626. The third-order valence-electron chi connectivity index (χ3n) is 2.69. The minimum atomic E-state index is -0.348. The lowest BCUT2D eigenvalue weighted by Crippen LogP contribution is -2.21. The van der Waals surface area contributed by atoms with E-state index in [-0.39, 0.29) is 11.9 Å². The summed E-state index contributed by atoms with van der Waals surface area (Å²) in [7, 11) is 0. The molecule has 0 amide bonds. The van der Waals surface area contributed by atoms with Crippen molar-refractivity contribution in [3.05, 3.63) is 64.9 Å². The van der Waals surface area contributed by atoms with Crippen LogP contribution >= 0.6 is 11.6 Å². The highest BCUT2D eigenvalue weighted by Crippen LogP contribution is 2.26. The molecule has 2 aromatic carbocycles. The van der Waals surface area contributed by atoms with Gasteiger partial charge in [0.2, 0.25) is 0 Å². The number of para-hydroxylation sites is 1. The van der Waals surface area contributed by atoms with Gasteiger partial charge in [-0.15, -0.1) is 0 Å². The Labute approximate surface area is 111 Å². The topological polar surface area (TPSA) is 38.0 Å². The van der Waals surface area contributed by atoms with E-state index >= 15 is 0 Å². The molecule has 2 nitrogen and oxygen atoms in total. The first-order valence-electron chi connectivity index (χ1n) is 5.67. The zero-order valence-corrected chi connectivity index (χ0v) is 10.5. The second-order valence-electron chi connectivity index (χ2n) is 3.96. The molecular weight excluding hydrogens is 251 g/mol. The maximum absolute atomic E-state index is 13.0. The van der Waals surface area contributed by atoms with Gasteiger partial charge in [-0.3, -0.25) is 0 Å². The van der Waals surface area contributed by atoms with Crippen molar-refractivity contribution in [1.82, 2.24) is 0 Å². The maximum Gasteiger partial charge on any atom is 0.124 e. The van der Waals surface area contributed by atoms with Crippen LogP contribution in [0.5, 0.6) is 0 Å². The fraction of sp³-hybridized carbons (Fsp3) is 0.143. The Kier molecular flexibility index (Phi) is 4.18. The van der Waals surface area contributed by atoms with Gasteiger partial charge in [0, 0.05) is 17.3 Å². The molecule has 18 heavy (non-hydrogen) atoms. The van der Waals surface area contributed by atoms with Gasteiger partial charge in [0.05, 0.1) is 6.04 Å². The monoisotopic (exact) mass is 264 g/mol. The van der Waals surface area contributed by atoms with Gasteiger partial charge in [-0.25, -0.2) is 4.39 Å². The van der Waals surface area contributed by atoms with E-state index in [0.717, 1.165) is 11.3 Å². The average molecular weight is 265 g/mol. The van der Waals surface area contributed by atoms with Crippen LogP contribution in [0.1, 0.15) is 11.6 Å². The molecule has 0 aliphatic carbocycles. The highest BCUT2D eigenvalue weighted by molar-refractivity contribution is 6.31. The highest BCUT2D eigenvalue weighted by Gasteiger charge is 2.13. The summed E-state index contributed by atoms with van der Waals surface area (Å²) in [5.74, 6) is -0.348. The van der Waals surface area contributed by atoms with Crippen molar-refractivity contribution in [3.8, 4) is 0 Å². The van der Waals surface area contributed by atoms with E-state index in [0.29, 0.717) is 11.6 Å². The van der Waals surface area contributed by atoms with Gasteiger partial charge >= 0.3 is 0 Å². The number of benzene rings is 2. The van der Waals surface area contributed by atoms with Crippen molar-refractivity contribution in [2.45, 2.75) is 6.04 Å². The molecule has 0 heterocycles. The molecule has 0 spiro atoms. The Morgan fingerprint density at radius 2 is 1.89 bits per heavy atom. The predicted molar refractivity (Wildman–Crippen MR) is 73.3 cm³/mol. The van der Waals surface area contributed by atoms with Crippen LogP contribution < -0.4 is 11.1 Å². The van der Waals surface area contributed by atoms with E-state index in [2.05, 4.69) is 5.32 Å². The zero-order chi connectivity index (χ0) is 13.0. The average Bonchev–Trinajstić information content (AvgIpc) is 2.38. The molecule has 0 saturated heterocycles. The predicted octanol–water partition coefficient (Wildman–Crippen LogP) is 3.59. The lowest BCUT2D eigenvalue weighted by atomic mass is 10.1. The van der Waals surface area contributed by atoms with Crippen LogP contribution in [0.3, 0.4) is 0 Å². The van der Waals surface area contributed by atoms with E-state index in [1.807, 2.05) is 30.3 Å². The SMILES string of the molecule is NCC(Nc1ccccc1)c1ccc(F)cc1Cl. The van der Waals surface area contributed by atoms with Crippen molar-refractivity contribution in [1.29, 1.82) is 0 Å². The van der Waals surface area contributed by atoms with E-state index < -0.39 is 0 Å². The quantitative estimate of drug-likeness (QED) is 0.886. The number of anilines is 1. The van der Waals surface area contributed by atoms with Crippen LogP contribution in [-0.2, 0) is 0 Å². The number of hydrogen-bond donors (Lipinski definition) is 2. The van der Waals surface area contributed by atoms with E-state index in [4.69, 9.17) is 17.3 Å². The Morgan fingerprint density at radius 3 is 2.50 bits per heavy atom. The third-order valence-corrected chi connectivity index (χ3v) is 3.02. The summed E-state index contributed by atoms with van der Waals surface area (Å²) in [6.45, 7) is 0.375. The fourth-order valence-corrected chi connectivity index (χ4v) is 2.08. The van der Waals surface area contributed by atoms with Crippen LogP contribution in [0.15, 0.2) is 48.5 Å². The summed E-state index contributed by atoms with van der Waals surface area (Å²) < 4.78 is 13.0. The Morgan fingerprint density at radius 1 is 1.17 bits per heavy atom. The van der Waals surface area contributed by atoms with Crippen molar-refractivity contribution in [3.63, 3.8) is 0 Å². The number of halogens is 2. The molecule has 1 atom stereocenters. The van der Waals surface area contributed by atoms with Crippen LogP contribution in [0.2, 0.25) is 5.02 Å². The van der Waals surface area contributed by atoms with E-state index in [9.17, 15) is 4.39 Å². The van der Waals surface area contributed by atoms with Crippen LogP contribution in [0, 0.1) is 5.82 Å². The molecule has 4 heteroatoms. The van der Waals surface area contributed by atoms with Crippen molar-refractivity contribution >= 4 is 17.3 Å². The number of rotatable bonds is 4. The number of nitrogens with two attached hydrogens (primary N) is 1.